The van der Waals surface area contributed by atoms with Crippen LogP contribution in [-0.2, 0) is 11.3 Å². The molecule has 0 aliphatic heterocycles. The number of aliphatic imine (C=N–C) groups is 1. The van der Waals surface area contributed by atoms with E-state index in [1.165, 1.54) is 0 Å². The van der Waals surface area contributed by atoms with Crippen LogP contribution in [0.3, 0.4) is 0 Å². The monoisotopic (exact) mass is 349 g/mol. The van der Waals surface area contributed by atoms with Gasteiger partial charge in [-0.15, -0.1) is 0 Å². The highest BCUT2D eigenvalue weighted by Crippen LogP contribution is 2.00. The number of nitrogens with one attached hydrogen (secondary N) is 1. The lowest BCUT2D eigenvalue weighted by Gasteiger charge is -2.23. The summed E-state index contributed by atoms with van der Waals surface area (Å²) in [5, 5.41) is 11.9. The summed E-state index contributed by atoms with van der Waals surface area (Å²) in [6.07, 6.45) is 4.19. The summed E-state index contributed by atoms with van der Waals surface area (Å²) in [7, 11) is 4.00. The smallest absolute Gasteiger partial charge is 0.236 e. The van der Waals surface area contributed by atoms with Gasteiger partial charge in [0.25, 0.3) is 0 Å². The maximum Gasteiger partial charge on any atom is 0.236 e. The van der Waals surface area contributed by atoms with Gasteiger partial charge in [-0.2, -0.15) is 0 Å². The number of pyridine rings is 1. The summed E-state index contributed by atoms with van der Waals surface area (Å²) in [5.74, 6) is 0.103. The zero-order valence-electron chi connectivity index (χ0n) is 15.6. The average Bonchev–Trinajstić information content (AvgIpc) is 2.59. The topological polar surface area (TPSA) is 81.1 Å². The van der Waals surface area contributed by atoms with Crippen molar-refractivity contribution in [1.29, 1.82) is 0 Å². The first-order chi connectivity index (χ1) is 12.1. The van der Waals surface area contributed by atoms with Gasteiger partial charge in [0.2, 0.25) is 5.91 Å². The van der Waals surface area contributed by atoms with E-state index in [0.29, 0.717) is 32.6 Å². The second-order valence-corrected chi connectivity index (χ2v) is 6.07. The number of aromatic nitrogens is 1. The Morgan fingerprint density at radius 2 is 2.20 bits per heavy atom. The summed E-state index contributed by atoms with van der Waals surface area (Å²) in [5.41, 5.74) is 1.84. The highest BCUT2D eigenvalue weighted by molar-refractivity contribution is 5.79. The van der Waals surface area contributed by atoms with Gasteiger partial charge in [0.05, 0.1) is 12.2 Å². The molecule has 0 aliphatic carbocycles. The van der Waals surface area contributed by atoms with E-state index in [1.54, 1.807) is 12.4 Å². The van der Waals surface area contributed by atoms with Gasteiger partial charge in [0.15, 0.2) is 0 Å². The molecule has 1 aromatic heterocycles. The molecular formula is C18H31N5O2. The minimum atomic E-state index is 0.103. The summed E-state index contributed by atoms with van der Waals surface area (Å²) >= 11 is 0. The minimum absolute atomic E-state index is 0.103. The number of hydrogen-bond donors (Lipinski definition) is 2. The standard InChI is InChI=1S/C18H31N5O2/c1-4-23(10-9-22(2)3)18(25)15-20-14-17-12-16(6-8-21-17)13-19-7-5-11-24/h6,8,12-13,20,24H,4-5,7,9-11,14-15H2,1-3H3/b19-13+. The number of rotatable bonds is 12. The van der Waals surface area contributed by atoms with Crippen LogP contribution in [0.5, 0.6) is 0 Å². The molecule has 0 atom stereocenters. The fourth-order valence-electron chi connectivity index (χ4n) is 2.19. The van der Waals surface area contributed by atoms with Gasteiger partial charge in [-0.25, -0.2) is 0 Å². The Hall–Kier alpha value is -1.83. The van der Waals surface area contributed by atoms with Crippen molar-refractivity contribution in [3.63, 3.8) is 0 Å². The quantitative estimate of drug-likeness (QED) is 0.421. The van der Waals surface area contributed by atoms with Gasteiger partial charge in [-0.05, 0) is 45.1 Å². The molecule has 0 unspecified atom stereocenters. The molecule has 0 spiro atoms. The zero-order chi connectivity index (χ0) is 18.5. The molecule has 0 saturated heterocycles. The molecule has 7 nitrogen and oxygen atoms in total. The first-order valence-corrected chi connectivity index (χ1v) is 8.75. The number of carbonyl (C=O) groups excluding carboxylic acids is 1. The van der Waals surface area contributed by atoms with Crippen LogP contribution in [0.1, 0.15) is 24.6 Å². The van der Waals surface area contributed by atoms with Crippen LogP contribution in [0.25, 0.3) is 0 Å². The third kappa shape index (κ3) is 9.28. The molecule has 1 amide bonds. The minimum Gasteiger partial charge on any atom is -0.396 e. The molecule has 1 rings (SSSR count). The normalized spacial score (nSPS) is 11.4. The summed E-state index contributed by atoms with van der Waals surface area (Å²) < 4.78 is 0. The molecule has 0 bridgehead atoms. The molecular weight excluding hydrogens is 318 g/mol. The van der Waals surface area contributed by atoms with Crippen LogP contribution in [0, 0.1) is 0 Å². The highest BCUT2D eigenvalue weighted by atomic mass is 16.3. The van der Waals surface area contributed by atoms with Gasteiger partial charge in [-0.3, -0.25) is 14.8 Å². The molecule has 140 valence electrons. The van der Waals surface area contributed by atoms with Gasteiger partial charge in [0.1, 0.15) is 0 Å². The van der Waals surface area contributed by atoms with E-state index in [-0.39, 0.29) is 12.5 Å². The number of amides is 1. The molecule has 0 aliphatic rings. The molecule has 1 heterocycles. The number of aliphatic hydroxyl groups is 1. The van der Waals surface area contributed by atoms with E-state index in [0.717, 1.165) is 24.3 Å². The van der Waals surface area contributed by atoms with Crippen LogP contribution in [0.15, 0.2) is 23.3 Å². The largest absolute Gasteiger partial charge is 0.396 e. The molecule has 2 N–H and O–H groups in total. The van der Waals surface area contributed by atoms with Crippen molar-refractivity contribution < 1.29 is 9.90 Å². The van der Waals surface area contributed by atoms with Crippen LogP contribution in [0.2, 0.25) is 0 Å². The third-order valence-electron chi connectivity index (χ3n) is 3.66. The van der Waals surface area contributed by atoms with Gasteiger partial charge in [0, 0.05) is 51.7 Å². The second kappa shape index (κ2) is 12.5. The Bertz CT molecular complexity index is 534. The van der Waals surface area contributed by atoms with Crippen molar-refractivity contribution in [3.8, 4) is 0 Å². The van der Waals surface area contributed by atoms with E-state index < -0.39 is 0 Å². The Balaban J connectivity index is 2.42. The number of hydrogen-bond acceptors (Lipinski definition) is 6. The van der Waals surface area contributed by atoms with E-state index in [2.05, 4.69) is 20.2 Å². The summed E-state index contributed by atoms with van der Waals surface area (Å²) in [6.45, 7) is 5.91. The molecule has 7 heteroatoms. The fraction of sp³-hybridized carbons (Fsp3) is 0.611. The van der Waals surface area contributed by atoms with E-state index in [9.17, 15) is 4.79 Å². The number of aliphatic hydroxyl groups excluding tert-OH is 1. The lowest BCUT2D eigenvalue weighted by atomic mass is 10.2. The van der Waals surface area contributed by atoms with E-state index >= 15 is 0 Å². The maximum atomic E-state index is 12.2. The molecule has 0 fully saturated rings. The summed E-state index contributed by atoms with van der Waals surface area (Å²) in [6, 6.07) is 3.83. The van der Waals surface area contributed by atoms with Crippen LogP contribution >= 0.6 is 0 Å². The van der Waals surface area contributed by atoms with Crippen molar-refractivity contribution in [2.75, 3.05) is 53.4 Å². The van der Waals surface area contributed by atoms with Crippen molar-refractivity contribution in [2.24, 2.45) is 4.99 Å². The third-order valence-corrected chi connectivity index (χ3v) is 3.66. The lowest BCUT2D eigenvalue weighted by Crippen LogP contribution is -2.41. The molecule has 0 saturated carbocycles. The Labute approximate surface area is 150 Å². The van der Waals surface area contributed by atoms with Gasteiger partial charge < -0.3 is 20.2 Å². The maximum absolute atomic E-state index is 12.2. The lowest BCUT2D eigenvalue weighted by molar-refractivity contribution is -0.130. The summed E-state index contributed by atoms with van der Waals surface area (Å²) in [4.78, 5) is 24.7. The van der Waals surface area contributed by atoms with Crippen molar-refractivity contribution in [3.05, 3.63) is 29.6 Å². The van der Waals surface area contributed by atoms with Gasteiger partial charge >= 0.3 is 0 Å². The predicted molar refractivity (Wildman–Crippen MR) is 101 cm³/mol. The Morgan fingerprint density at radius 1 is 1.40 bits per heavy atom. The number of nitrogens with zero attached hydrogens (tertiary/aromatic N) is 4. The first kappa shape index (κ1) is 21.2. The molecule has 1 aromatic rings. The average molecular weight is 349 g/mol. The van der Waals surface area contributed by atoms with Crippen molar-refractivity contribution >= 4 is 12.1 Å². The molecule has 25 heavy (non-hydrogen) atoms. The molecule has 0 radical (unpaired) electrons. The number of likely N-dealkylation sites (N-methyl/N-ethyl adjacent to an activating group) is 2. The first-order valence-electron chi connectivity index (χ1n) is 8.75. The predicted octanol–water partition coefficient (Wildman–Crippen LogP) is 0.383. The van der Waals surface area contributed by atoms with Crippen LogP contribution < -0.4 is 5.32 Å². The fourth-order valence-corrected chi connectivity index (χ4v) is 2.19. The van der Waals surface area contributed by atoms with Crippen molar-refractivity contribution in [2.45, 2.75) is 19.9 Å². The second-order valence-electron chi connectivity index (χ2n) is 6.07. The zero-order valence-corrected chi connectivity index (χ0v) is 15.6. The van der Waals surface area contributed by atoms with Crippen molar-refractivity contribution in [1.82, 2.24) is 20.1 Å². The SMILES string of the molecule is CCN(CCN(C)C)C(=O)CNCc1cc(/C=N/CCCO)ccn1. The van der Waals surface area contributed by atoms with E-state index in [1.807, 2.05) is 38.1 Å². The Morgan fingerprint density at radius 3 is 2.88 bits per heavy atom. The van der Waals surface area contributed by atoms with Crippen LogP contribution in [0.4, 0.5) is 0 Å². The highest BCUT2D eigenvalue weighted by Gasteiger charge is 2.11. The van der Waals surface area contributed by atoms with Crippen LogP contribution in [-0.4, -0.2) is 85.4 Å². The number of carbonyl (C=O) groups is 1. The molecule has 0 aromatic carbocycles. The van der Waals surface area contributed by atoms with Gasteiger partial charge in [-0.1, -0.05) is 0 Å². The Kier molecular flexibility index (Phi) is 10.6. The van der Waals surface area contributed by atoms with E-state index in [4.69, 9.17) is 5.11 Å².